The predicted octanol–water partition coefficient (Wildman–Crippen LogP) is 3.49. The van der Waals surface area contributed by atoms with Gasteiger partial charge in [0.2, 0.25) is 0 Å². The largest absolute Gasteiger partial charge is 0.457 e. The molecule has 1 rings (SSSR count). The van der Waals surface area contributed by atoms with Crippen LogP contribution in [0.2, 0.25) is 0 Å². The standard InChI is InChI=1S/C22H42O6/c1-2-3-4-5-6-7-8-9-10-11-12-13-14-15-20(25)28-19-17-27-22(21(19)26)18(24)16-23/h18-19,21-24,26H,2-17H2,1H3/t18-,19-,21-,22-/m1/s1. The predicted molar refractivity (Wildman–Crippen MR) is 109 cm³/mol. The Labute approximate surface area is 170 Å². The van der Waals surface area contributed by atoms with Gasteiger partial charge in [0.15, 0.2) is 6.10 Å². The van der Waals surface area contributed by atoms with Gasteiger partial charge in [-0.3, -0.25) is 4.79 Å². The lowest BCUT2D eigenvalue weighted by molar-refractivity contribution is -0.153. The van der Waals surface area contributed by atoms with Crippen LogP contribution >= 0.6 is 0 Å². The fourth-order valence-electron chi connectivity index (χ4n) is 3.68. The van der Waals surface area contributed by atoms with E-state index in [-0.39, 0.29) is 12.6 Å². The van der Waals surface area contributed by atoms with E-state index >= 15 is 0 Å². The third-order valence-electron chi connectivity index (χ3n) is 5.50. The number of hydrogen-bond acceptors (Lipinski definition) is 6. The smallest absolute Gasteiger partial charge is 0.306 e. The van der Waals surface area contributed by atoms with Crippen molar-refractivity contribution in [2.45, 2.75) is 121 Å². The lowest BCUT2D eigenvalue weighted by Gasteiger charge is -2.20. The Hall–Kier alpha value is -0.690. The van der Waals surface area contributed by atoms with Crippen molar-refractivity contribution in [1.82, 2.24) is 0 Å². The van der Waals surface area contributed by atoms with Gasteiger partial charge in [0.25, 0.3) is 0 Å². The molecule has 0 spiro atoms. The van der Waals surface area contributed by atoms with Gasteiger partial charge in [-0.2, -0.15) is 0 Å². The zero-order chi connectivity index (χ0) is 20.6. The average Bonchev–Trinajstić information content (AvgIpc) is 3.05. The maximum Gasteiger partial charge on any atom is 0.306 e. The molecule has 6 heteroatoms. The number of rotatable bonds is 17. The molecule has 1 heterocycles. The number of esters is 1. The summed E-state index contributed by atoms with van der Waals surface area (Å²) >= 11 is 0. The van der Waals surface area contributed by atoms with E-state index in [4.69, 9.17) is 14.6 Å². The van der Waals surface area contributed by atoms with Crippen LogP contribution in [-0.4, -0.2) is 58.9 Å². The van der Waals surface area contributed by atoms with E-state index in [2.05, 4.69) is 6.92 Å². The van der Waals surface area contributed by atoms with Gasteiger partial charge in [-0.25, -0.2) is 0 Å². The molecule has 0 unspecified atom stereocenters. The average molecular weight is 403 g/mol. The second kappa shape index (κ2) is 16.1. The fraction of sp³-hybridized carbons (Fsp3) is 0.955. The Bertz CT molecular complexity index is 389. The number of ether oxygens (including phenoxy) is 2. The van der Waals surface area contributed by atoms with Crippen LogP contribution in [0.25, 0.3) is 0 Å². The van der Waals surface area contributed by atoms with Gasteiger partial charge in [0.1, 0.15) is 18.3 Å². The third-order valence-corrected chi connectivity index (χ3v) is 5.50. The van der Waals surface area contributed by atoms with Crippen molar-refractivity contribution in [1.29, 1.82) is 0 Å². The molecular weight excluding hydrogens is 360 g/mol. The first-order chi connectivity index (χ1) is 13.6. The topological polar surface area (TPSA) is 96.2 Å². The summed E-state index contributed by atoms with van der Waals surface area (Å²) in [5, 5.41) is 28.5. The molecule has 0 amide bonds. The Balaban J connectivity index is 1.92. The molecule has 0 aromatic rings. The summed E-state index contributed by atoms with van der Waals surface area (Å²) in [4.78, 5) is 11.9. The van der Waals surface area contributed by atoms with Gasteiger partial charge in [-0.05, 0) is 6.42 Å². The van der Waals surface area contributed by atoms with Crippen molar-refractivity contribution < 1.29 is 29.6 Å². The van der Waals surface area contributed by atoms with E-state index in [1.807, 2.05) is 0 Å². The van der Waals surface area contributed by atoms with Crippen LogP contribution in [0.1, 0.15) is 96.8 Å². The fourth-order valence-corrected chi connectivity index (χ4v) is 3.68. The van der Waals surface area contributed by atoms with Crippen molar-refractivity contribution in [3.05, 3.63) is 0 Å². The van der Waals surface area contributed by atoms with Gasteiger partial charge in [0.05, 0.1) is 13.2 Å². The van der Waals surface area contributed by atoms with Crippen LogP contribution in [0.5, 0.6) is 0 Å². The molecule has 166 valence electrons. The highest BCUT2D eigenvalue weighted by molar-refractivity contribution is 5.69. The number of carbonyl (C=O) groups excluding carboxylic acids is 1. The first kappa shape index (κ1) is 25.3. The summed E-state index contributed by atoms with van der Waals surface area (Å²) in [5.41, 5.74) is 0. The molecule has 0 aromatic carbocycles. The summed E-state index contributed by atoms with van der Waals surface area (Å²) in [7, 11) is 0. The molecule has 1 fully saturated rings. The van der Waals surface area contributed by atoms with E-state index in [0.717, 1.165) is 19.3 Å². The van der Waals surface area contributed by atoms with Crippen molar-refractivity contribution in [2.75, 3.05) is 13.2 Å². The van der Waals surface area contributed by atoms with Crippen LogP contribution in [0.3, 0.4) is 0 Å². The molecule has 3 N–H and O–H groups in total. The quantitative estimate of drug-likeness (QED) is 0.255. The minimum Gasteiger partial charge on any atom is -0.457 e. The van der Waals surface area contributed by atoms with Crippen molar-refractivity contribution in [3.63, 3.8) is 0 Å². The highest BCUT2D eigenvalue weighted by atomic mass is 16.6. The molecule has 1 aliphatic rings. The van der Waals surface area contributed by atoms with E-state index in [9.17, 15) is 15.0 Å². The molecule has 0 radical (unpaired) electrons. The maximum absolute atomic E-state index is 11.9. The Morgan fingerprint density at radius 3 is 1.96 bits per heavy atom. The molecule has 1 saturated heterocycles. The number of unbranched alkanes of at least 4 members (excludes halogenated alkanes) is 12. The molecule has 0 aliphatic carbocycles. The first-order valence-corrected chi connectivity index (χ1v) is 11.4. The van der Waals surface area contributed by atoms with Gasteiger partial charge < -0.3 is 24.8 Å². The number of aliphatic hydroxyl groups is 3. The number of carbonyl (C=O) groups is 1. The van der Waals surface area contributed by atoms with E-state index in [1.54, 1.807) is 0 Å². The SMILES string of the molecule is CCCCCCCCCCCCCCCC(=O)O[C@@H]1CO[C@H]([C@H](O)CO)[C@@H]1O. The minimum atomic E-state index is -1.17. The number of hydrogen-bond donors (Lipinski definition) is 3. The summed E-state index contributed by atoms with van der Waals surface area (Å²) < 4.78 is 10.5. The Kier molecular flexibility index (Phi) is 14.6. The second-order valence-corrected chi connectivity index (χ2v) is 8.06. The molecule has 0 aromatic heterocycles. The third kappa shape index (κ3) is 10.7. The summed E-state index contributed by atoms with van der Waals surface area (Å²) in [5.74, 6) is -0.338. The molecule has 1 aliphatic heterocycles. The molecule has 4 atom stereocenters. The zero-order valence-corrected chi connectivity index (χ0v) is 17.7. The molecule has 28 heavy (non-hydrogen) atoms. The van der Waals surface area contributed by atoms with Gasteiger partial charge in [0, 0.05) is 6.42 Å². The monoisotopic (exact) mass is 402 g/mol. The molecule has 6 nitrogen and oxygen atoms in total. The van der Waals surface area contributed by atoms with Gasteiger partial charge in [-0.15, -0.1) is 0 Å². The van der Waals surface area contributed by atoms with E-state index < -0.39 is 31.0 Å². The van der Waals surface area contributed by atoms with Crippen LogP contribution in [0.4, 0.5) is 0 Å². The van der Waals surface area contributed by atoms with Crippen LogP contribution < -0.4 is 0 Å². The minimum absolute atomic E-state index is 0.0488. The van der Waals surface area contributed by atoms with Gasteiger partial charge >= 0.3 is 5.97 Å². The molecule has 0 saturated carbocycles. The molecule has 0 bridgehead atoms. The normalized spacial score (nSPS) is 23.1. The van der Waals surface area contributed by atoms with Crippen molar-refractivity contribution in [3.8, 4) is 0 Å². The lowest BCUT2D eigenvalue weighted by Crippen LogP contribution is -2.41. The maximum atomic E-state index is 11.9. The van der Waals surface area contributed by atoms with Crippen LogP contribution in [-0.2, 0) is 14.3 Å². The van der Waals surface area contributed by atoms with E-state index in [0.29, 0.717) is 6.42 Å². The Morgan fingerprint density at radius 1 is 0.964 bits per heavy atom. The zero-order valence-electron chi connectivity index (χ0n) is 17.7. The highest BCUT2D eigenvalue weighted by Gasteiger charge is 2.42. The number of aliphatic hydroxyl groups excluding tert-OH is 3. The Morgan fingerprint density at radius 2 is 1.46 bits per heavy atom. The lowest BCUT2D eigenvalue weighted by atomic mass is 10.0. The van der Waals surface area contributed by atoms with Crippen LogP contribution in [0, 0.1) is 0 Å². The first-order valence-electron chi connectivity index (χ1n) is 11.4. The van der Waals surface area contributed by atoms with Crippen molar-refractivity contribution in [2.24, 2.45) is 0 Å². The van der Waals surface area contributed by atoms with E-state index in [1.165, 1.54) is 64.2 Å². The highest BCUT2D eigenvalue weighted by Crippen LogP contribution is 2.21. The summed E-state index contributed by atoms with van der Waals surface area (Å²) in [6, 6.07) is 0. The molecular formula is C22H42O6. The van der Waals surface area contributed by atoms with Gasteiger partial charge in [-0.1, -0.05) is 84.0 Å². The summed E-state index contributed by atoms with van der Waals surface area (Å²) in [6.45, 7) is 1.80. The summed E-state index contributed by atoms with van der Waals surface area (Å²) in [6.07, 6.45) is 12.7. The second-order valence-electron chi connectivity index (χ2n) is 8.06. The van der Waals surface area contributed by atoms with Crippen LogP contribution in [0.15, 0.2) is 0 Å². The van der Waals surface area contributed by atoms with Crippen molar-refractivity contribution >= 4 is 5.97 Å².